The lowest BCUT2D eigenvalue weighted by molar-refractivity contribution is 0.229. The van der Waals surface area contributed by atoms with Crippen LogP contribution in [0.4, 0.5) is 0 Å². The quantitative estimate of drug-likeness (QED) is 0.731. The lowest BCUT2D eigenvalue weighted by Gasteiger charge is -2.14. The van der Waals surface area contributed by atoms with Crippen LogP contribution >= 0.6 is 0 Å². The molecule has 1 rings (SSSR count). The SMILES string of the molecule is CC(C)COc1c[c]ccc1OCC(C)C. The molecule has 2 heteroatoms. The van der Waals surface area contributed by atoms with Gasteiger partial charge in [-0.1, -0.05) is 33.8 Å². The summed E-state index contributed by atoms with van der Waals surface area (Å²) in [6.07, 6.45) is 0. The molecular weight excluding hydrogens is 200 g/mol. The van der Waals surface area contributed by atoms with Gasteiger partial charge in [-0.2, -0.15) is 0 Å². The summed E-state index contributed by atoms with van der Waals surface area (Å²) in [6.45, 7) is 9.92. The van der Waals surface area contributed by atoms with Gasteiger partial charge in [-0.05, 0) is 30.0 Å². The van der Waals surface area contributed by atoms with Crippen molar-refractivity contribution in [2.45, 2.75) is 27.7 Å². The highest BCUT2D eigenvalue weighted by molar-refractivity contribution is 5.38. The van der Waals surface area contributed by atoms with Gasteiger partial charge >= 0.3 is 0 Å². The average Bonchev–Trinajstić information content (AvgIpc) is 2.24. The molecule has 1 aromatic rings. The first-order chi connectivity index (χ1) is 7.59. The van der Waals surface area contributed by atoms with Crippen LogP contribution < -0.4 is 9.47 Å². The van der Waals surface area contributed by atoms with E-state index in [1.54, 1.807) is 0 Å². The van der Waals surface area contributed by atoms with Crippen molar-refractivity contribution in [3.05, 3.63) is 24.3 Å². The molecule has 0 aromatic heterocycles. The van der Waals surface area contributed by atoms with E-state index < -0.39 is 0 Å². The van der Waals surface area contributed by atoms with E-state index in [0.717, 1.165) is 11.5 Å². The van der Waals surface area contributed by atoms with E-state index in [4.69, 9.17) is 9.47 Å². The summed E-state index contributed by atoms with van der Waals surface area (Å²) < 4.78 is 11.4. The molecule has 0 atom stereocenters. The molecular formula is C14H21O2. The minimum atomic E-state index is 0.512. The molecule has 89 valence electrons. The molecule has 1 aromatic carbocycles. The molecule has 0 saturated carbocycles. The first-order valence-electron chi connectivity index (χ1n) is 5.85. The zero-order valence-electron chi connectivity index (χ0n) is 10.6. The molecule has 0 bridgehead atoms. The van der Waals surface area contributed by atoms with Crippen LogP contribution in [0.2, 0.25) is 0 Å². The Balaban J connectivity index is 2.60. The molecule has 0 spiro atoms. The highest BCUT2D eigenvalue weighted by atomic mass is 16.5. The summed E-state index contributed by atoms with van der Waals surface area (Å²) in [5.74, 6) is 2.63. The van der Waals surface area contributed by atoms with Crippen LogP contribution in [0.25, 0.3) is 0 Å². The maximum absolute atomic E-state index is 5.69. The van der Waals surface area contributed by atoms with E-state index >= 15 is 0 Å². The molecule has 0 aliphatic rings. The van der Waals surface area contributed by atoms with Gasteiger partial charge in [-0.15, -0.1) is 0 Å². The van der Waals surface area contributed by atoms with Crippen molar-refractivity contribution < 1.29 is 9.47 Å². The highest BCUT2D eigenvalue weighted by Gasteiger charge is 2.06. The summed E-state index contributed by atoms with van der Waals surface area (Å²) in [6, 6.07) is 8.59. The van der Waals surface area contributed by atoms with Gasteiger partial charge in [-0.3, -0.25) is 0 Å². The molecule has 16 heavy (non-hydrogen) atoms. The number of ether oxygens (including phenoxy) is 2. The molecule has 0 unspecified atom stereocenters. The standard InChI is InChI=1S/C14H21O2/c1-11(2)9-15-13-7-5-6-8-14(13)16-10-12(3)4/h5,7-8,11-12H,9-10H2,1-4H3. The smallest absolute Gasteiger partial charge is 0.161 e. The molecule has 0 saturated heterocycles. The lowest BCUT2D eigenvalue weighted by atomic mass is 10.2. The van der Waals surface area contributed by atoms with E-state index in [1.807, 2.05) is 18.2 Å². The maximum Gasteiger partial charge on any atom is 0.161 e. The van der Waals surface area contributed by atoms with E-state index in [1.165, 1.54) is 0 Å². The van der Waals surface area contributed by atoms with Gasteiger partial charge < -0.3 is 9.47 Å². The predicted molar refractivity (Wildman–Crippen MR) is 65.9 cm³/mol. The minimum Gasteiger partial charge on any atom is -0.489 e. The summed E-state index contributed by atoms with van der Waals surface area (Å²) in [5.41, 5.74) is 0. The minimum absolute atomic E-state index is 0.512. The fourth-order valence-electron chi connectivity index (χ4n) is 1.15. The Morgan fingerprint density at radius 2 is 1.56 bits per heavy atom. The van der Waals surface area contributed by atoms with E-state index in [2.05, 4.69) is 33.8 Å². The maximum atomic E-state index is 5.69. The Bertz CT molecular complexity index is 274. The van der Waals surface area contributed by atoms with Crippen molar-refractivity contribution in [2.75, 3.05) is 13.2 Å². The summed E-state index contributed by atoms with van der Waals surface area (Å²) in [5, 5.41) is 0. The molecule has 2 nitrogen and oxygen atoms in total. The fraction of sp³-hybridized carbons (Fsp3) is 0.571. The lowest BCUT2D eigenvalue weighted by Crippen LogP contribution is -2.08. The molecule has 0 aliphatic heterocycles. The van der Waals surface area contributed by atoms with E-state index in [9.17, 15) is 0 Å². The van der Waals surface area contributed by atoms with Crippen LogP contribution in [0.1, 0.15) is 27.7 Å². The first-order valence-corrected chi connectivity index (χ1v) is 5.85. The van der Waals surface area contributed by atoms with Gasteiger partial charge in [0, 0.05) is 0 Å². The topological polar surface area (TPSA) is 18.5 Å². The normalized spacial score (nSPS) is 10.9. The van der Waals surface area contributed by atoms with Crippen molar-refractivity contribution in [3.63, 3.8) is 0 Å². The Morgan fingerprint density at radius 3 is 2.12 bits per heavy atom. The van der Waals surface area contributed by atoms with Gasteiger partial charge in [0.15, 0.2) is 11.5 Å². The Labute approximate surface area is 98.6 Å². The second-order valence-corrected chi connectivity index (χ2v) is 4.78. The molecule has 0 heterocycles. The third kappa shape index (κ3) is 4.56. The monoisotopic (exact) mass is 221 g/mol. The summed E-state index contributed by atoms with van der Waals surface area (Å²) in [7, 11) is 0. The van der Waals surface area contributed by atoms with Gasteiger partial charge in [0.25, 0.3) is 0 Å². The van der Waals surface area contributed by atoms with Gasteiger partial charge in [-0.25, -0.2) is 0 Å². The molecule has 0 amide bonds. The zero-order chi connectivity index (χ0) is 12.0. The molecule has 0 fully saturated rings. The fourth-order valence-corrected chi connectivity index (χ4v) is 1.15. The van der Waals surface area contributed by atoms with Gasteiger partial charge in [0.05, 0.1) is 13.2 Å². The van der Waals surface area contributed by atoms with Crippen molar-refractivity contribution >= 4 is 0 Å². The third-order valence-electron chi connectivity index (χ3n) is 1.93. The zero-order valence-corrected chi connectivity index (χ0v) is 10.6. The van der Waals surface area contributed by atoms with Crippen LogP contribution in [0.3, 0.4) is 0 Å². The number of benzene rings is 1. The Kier molecular flexibility index (Phi) is 5.17. The Morgan fingerprint density at radius 1 is 1.00 bits per heavy atom. The molecule has 0 N–H and O–H groups in total. The van der Waals surface area contributed by atoms with Crippen molar-refractivity contribution in [1.82, 2.24) is 0 Å². The van der Waals surface area contributed by atoms with Crippen LogP contribution in [0, 0.1) is 17.9 Å². The average molecular weight is 221 g/mol. The van der Waals surface area contributed by atoms with Crippen LogP contribution in [0.15, 0.2) is 18.2 Å². The number of rotatable bonds is 6. The predicted octanol–water partition coefficient (Wildman–Crippen LogP) is 3.56. The largest absolute Gasteiger partial charge is 0.489 e. The number of hydrogen-bond donors (Lipinski definition) is 0. The van der Waals surface area contributed by atoms with Crippen LogP contribution in [-0.2, 0) is 0 Å². The summed E-state index contributed by atoms with van der Waals surface area (Å²) >= 11 is 0. The van der Waals surface area contributed by atoms with Crippen LogP contribution in [-0.4, -0.2) is 13.2 Å². The van der Waals surface area contributed by atoms with Crippen molar-refractivity contribution in [3.8, 4) is 11.5 Å². The van der Waals surface area contributed by atoms with Crippen molar-refractivity contribution in [1.29, 1.82) is 0 Å². The third-order valence-corrected chi connectivity index (χ3v) is 1.93. The Hall–Kier alpha value is -1.18. The second-order valence-electron chi connectivity index (χ2n) is 4.78. The van der Waals surface area contributed by atoms with Crippen molar-refractivity contribution in [2.24, 2.45) is 11.8 Å². The van der Waals surface area contributed by atoms with E-state index in [-0.39, 0.29) is 0 Å². The summed E-state index contributed by atoms with van der Waals surface area (Å²) in [4.78, 5) is 0. The van der Waals surface area contributed by atoms with Gasteiger partial charge in [0.1, 0.15) is 0 Å². The first kappa shape index (κ1) is 12.9. The van der Waals surface area contributed by atoms with Gasteiger partial charge in [0.2, 0.25) is 0 Å². The number of hydrogen-bond acceptors (Lipinski definition) is 2. The molecule has 0 aliphatic carbocycles. The highest BCUT2D eigenvalue weighted by Crippen LogP contribution is 2.26. The van der Waals surface area contributed by atoms with E-state index in [0.29, 0.717) is 25.0 Å². The van der Waals surface area contributed by atoms with Crippen LogP contribution in [0.5, 0.6) is 11.5 Å². The molecule has 1 radical (unpaired) electrons. The second kappa shape index (κ2) is 6.41.